The minimum absolute atomic E-state index is 0.0176. The van der Waals surface area contributed by atoms with E-state index in [1.165, 1.54) is 25.1 Å². The van der Waals surface area contributed by atoms with Crippen LogP contribution < -0.4 is 25.7 Å². The number of hydrogen-bond acceptors (Lipinski definition) is 6. The maximum absolute atomic E-state index is 13.0. The van der Waals surface area contributed by atoms with E-state index in [1.807, 2.05) is 20.8 Å². The van der Waals surface area contributed by atoms with Crippen LogP contribution in [0.25, 0.3) is 10.9 Å². The van der Waals surface area contributed by atoms with Gasteiger partial charge in [0.1, 0.15) is 12.6 Å². The van der Waals surface area contributed by atoms with Gasteiger partial charge in [-0.05, 0) is 31.2 Å². The molecule has 1 heterocycles. The molecule has 0 aliphatic heterocycles. The van der Waals surface area contributed by atoms with Crippen LogP contribution in [-0.2, 0) is 16.1 Å². The van der Waals surface area contributed by atoms with Crippen molar-refractivity contribution in [3.8, 4) is 11.5 Å². The number of carbonyl (C=O) groups is 2. The molecule has 35 heavy (non-hydrogen) atoms. The van der Waals surface area contributed by atoms with Crippen LogP contribution in [0, 0.1) is 11.8 Å². The summed E-state index contributed by atoms with van der Waals surface area (Å²) in [5, 5.41) is 6.18. The minimum Gasteiger partial charge on any atom is -0.493 e. The molecule has 0 spiro atoms. The molecule has 3 atom stereocenters. The van der Waals surface area contributed by atoms with Crippen molar-refractivity contribution in [1.82, 2.24) is 20.2 Å². The summed E-state index contributed by atoms with van der Waals surface area (Å²) in [7, 11) is 2.99. The molecule has 9 nitrogen and oxygen atoms in total. The Morgan fingerprint density at radius 1 is 1.03 bits per heavy atom. The fourth-order valence-corrected chi connectivity index (χ4v) is 3.91. The monoisotopic (exact) mass is 488 g/mol. The van der Waals surface area contributed by atoms with Crippen LogP contribution in [-0.4, -0.2) is 47.7 Å². The van der Waals surface area contributed by atoms with Gasteiger partial charge >= 0.3 is 0 Å². The average Bonchev–Trinajstić information content (AvgIpc) is 2.82. The Balaban J connectivity index is 2.14. The van der Waals surface area contributed by atoms with Crippen molar-refractivity contribution in [3.63, 3.8) is 0 Å². The van der Waals surface area contributed by atoms with Gasteiger partial charge in [0, 0.05) is 12.1 Å². The Labute approximate surface area is 207 Å². The quantitative estimate of drug-likeness (QED) is 0.448. The molecule has 0 bridgehead atoms. The Morgan fingerprint density at radius 2 is 1.69 bits per heavy atom. The number of benzene rings is 1. The first kappa shape index (κ1) is 28.1. The first-order chi connectivity index (χ1) is 16.6. The molecule has 0 saturated carbocycles. The third kappa shape index (κ3) is 7.70. The summed E-state index contributed by atoms with van der Waals surface area (Å²) in [6.45, 7) is 10.0. The SMILES string of the molecule is CCC(C)C(NC(=O)Cn1cnc2cc(OC)c(OC)cc2c1=O)C(=O)NC(C)CCCC(C)C. The molecule has 0 aliphatic rings. The van der Waals surface area contributed by atoms with Gasteiger partial charge in [0.05, 0.1) is 31.4 Å². The number of methoxy groups -OCH3 is 2. The second-order valence-electron chi connectivity index (χ2n) is 9.57. The highest BCUT2D eigenvalue weighted by atomic mass is 16.5. The van der Waals surface area contributed by atoms with Crippen LogP contribution in [0.5, 0.6) is 11.5 Å². The van der Waals surface area contributed by atoms with Crippen molar-refractivity contribution in [2.45, 2.75) is 78.9 Å². The molecule has 2 N–H and O–H groups in total. The van der Waals surface area contributed by atoms with Crippen LogP contribution in [0.4, 0.5) is 0 Å². The molecule has 194 valence electrons. The van der Waals surface area contributed by atoms with E-state index in [1.54, 1.807) is 12.1 Å². The first-order valence-electron chi connectivity index (χ1n) is 12.3. The van der Waals surface area contributed by atoms with Crippen molar-refractivity contribution in [2.24, 2.45) is 11.8 Å². The van der Waals surface area contributed by atoms with Gasteiger partial charge < -0.3 is 20.1 Å². The van der Waals surface area contributed by atoms with Gasteiger partial charge in [0.2, 0.25) is 11.8 Å². The number of fused-ring (bicyclic) bond motifs is 1. The van der Waals surface area contributed by atoms with E-state index in [0.29, 0.717) is 28.3 Å². The van der Waals surface area contributed by atoms with E-state index in [-0.39, 0.29) is 30.0 Å². The van der Waals surface area contributed by atoms with Crippen LogP contribution in [0.3, 0.4) is 0 Å². The summed E-state index contributed by atoms with van der Waals surface area (Å²) in [4.78, 5) is 43.1. The second-order valence-corrected chi connectivity index (χ2v) is 9.57. The standard InChI is InChI=1S/C26H40N4O5/c1-8-17(4)24(25(32)28-18(5)11-9-10-16(2)3)29-23(31)14-30-15-27-20-13-22(35-7)21(34-6)12-19(20)26(30)33/h12-13,15-18,24H,8-11,14H2,1-7H3,(H,28,32)(H,29,31). The lowest BCUT2D eigenvalue weighted by Gasteiger charge is -2.25. The van der Waals surface area contributed by atoms with Gasteiger partial charge in [0.25, 0.3) is 5.56 Å². The van der Waals surface area contributed by atoms with E-state index in [9.17, 15) is 14.4 Å². The molecule has 0 saturated heterocycles. The van der Waals surface area contributed by atoms with E-state index < -0.39 is 11.9 Å². The summed E-state index contributed by atoms with van der Waals surface area (Å²) in [6, 6.07) is 2.50. The van der Waals surface area contributed by atoms with Crippen LogP contribution in [0.1, 0.15) is 60.3 Å². The summed E-state index contributed by atoms with van der Waals surface area (Å²) in [5.74, 6) is 0.790. The Morgan fingerprint density at radius 3 is 2.29 bits per heavy atom. The number of nitrogens with one attached hydrogen (secondary N) is 2. The number of hydrogen-bond donors (Lipinski definition) is 2. The van der Waals surface area contributed by atoms with Crippen molar-refractivity contribution >= 4 is 22.7 Å². The Bertz CT molecular complexity index is 1070. The normalized spacial score (nSPS) is 13.8. The highest BCUT2D eigenvalue weighted by molar-refractivity contribution is 5.88. The molecule has 1 aromatic heterocycles. The predicted octanol–water partition coefficient (Wildman–Crippen LogP) is 3.28. The lowest BCUT2D eigenvalue weighted by Crippen LogP contribution is -2.53. The highest BCUT2D eigenvalue weighted by Gasteiger charge is 2.27. The second kappa shape index (κ2) is 13.1. The maximum Gasteiger partial charge on any atom is 0.261 e. The zero-order valence-electron chi connectivity index (χ0n) is 22.0. The summed E-state index contributed by atoms with van der Waals surface area (Å²) in [5.41, 5.74) is 0.0574. The summed E-state index contributed by atoms with van der Waals surface area (Å²) in [6.07, 6.45) is 5.08. The zero-order valence-corrected chi connectivity index (χ0v) is 22.0. The number of carbonyl (C=O) groups excluding carboxylic acids is 2. The molecule has 9 heteroatoms. The summed E-state index contributed by atoms with van der Waals surface area (Å²) < 4.78 is 11.8. The van der Waals surface area contributed by atoms with Crippen molar-refractivity contribution in [2.75, 3.05) is 14.2 Å². The molecule has 0 aliphatic carbocycles. The number of nitrogens with zero attached hydrogens (tertiary/aromatic N) is 2. The van der Waals surface area contributed by atoms with Crippen molar-refractivity contribution in [3.05, 3.63) is 28.8 Å². The Hall–Kier alpha value is -3.10. The fourth-order valence-electron chi connectivity index (χ4n) is 3.91. The number of rotatable bonds is 13. The highest BCUT2D eigenvalue weighted by Crippen LogP contribution is 2.29. The first-order valence-corrected chi connectivity index (χ1v) is 12.3. The maximum atomic E-state index is 13.0. The molecule has 2 aromatic rings. The van der Waals surface area contributed by atoms with Crippen LogP contribution in [0.2, 0.25) is 0 Å². The smallest absolute Gasteiger partial charge is 0.261 e. The third-order valence-electron chi connectivity index (χ3n) is 6.26. The lowest BCUT2D eigenvalue weighted by molar-refractivity contribution is -0.131. The van der Waals surface area contributed by atoms with Crippen LogP contribution >= 0.6 is 0 Å². The van der Waals surface area contributed by atoms with Gasteiger partial charge in [-0.3, -0.25) is 19.0 Å². The molecule has 3 unspecified atom stereocenters. The molecule has 2 rings (SSSR count). The van der Waals surface area contributed by atoms with Gasteiger partial charge in [0.15, 0.2) is 11.5 Å². The van der Waals surface area contributed by atoms with Crippen molar-refractivity contribution in [1.29, 1.82) is 0 Å². The molecule has 0 radical (unpaired) electrons. The topological polar surface area (TPSA) is 112 Å². The van der Waals surface area contributed by atoms with Gasteiger partial charge in [-0.1, -0.05) is 47.0 Å². The molecule has 1 aromatic carbocycles. The van der Waals surface area contributed by atoms with Crippen molar-refractivity contribution < 1.29 is 19.1 Å². The van der Waals surface area contributed by atoms with E-state index >= 15 is 0 Å². The third-order valence-corrected chi connectivity index (χ3v) is 6.26. The van der Waals surface area contributed by atoms with E-state index in [4.69, 9.17) is 9.47 Å². The number of ether oxygens (including phenoxy) is 2. The predicted molar refractivity (Wildman–Crippen MR) is 137 cm³/mol. The minimum atomic E-state index is -0.687. The number of aromatic nitrogens is 2. The Kier molecular flexibility index (Phi) is 10.5. The number of amides is 2. The molecular weight excluding hydrogens is 448 g/mol. The molecule has 0 fully saturated rings. The average molecular weight is 489 g/mol. The summed E-state index contributed by atoms with van der Waals surface area (Å²) >= 11 is 0. The van der Waals surface area contributed by atoms with Gasteiger partial charge in [-0.25, -0.2) is 4.98 Å². The largest absolute Gasteiger partial charge is 0.493 e. The van der Waals surface area contributed by atoms with E-state index in [0.717, 1.165) is 25.7 Å². The molecule has 2 amide bonds. The van der Waals surface area contributed by atoms with Gasteiger partial charge in [-0.15, -0.1) is 0 Å². The van der Waals surface area contributed by atoms with Gasteiger partial charge in [-0.2, -0.15) is 0 Å². The molecular formula is C26H40N4O5. The fraction of sp³-hybridized carbons (Fsp3) is 0.615. The van der Waals surface area contributed by atoms with Crippen LogP contribution in [0.15, 0.2) is 23.3 Å². The van der Waals surface area contributed by atoms with E-state index in [2.05, 4.69) is 29.5 Å². The zero-order chi connectivity index (χ0) is 26.1. The lowest BCUT2D eigenvalue weighted by atomic mass is 9.97.